The molecule has 0 unspecified atom stereocenters. The van der Waals surface area contributed by atoms with Crippen LogP contribution in [0.2, 0.25) is 5.02 Å². The van der Waals surface area contributed by atoms with Crippen LogP contribution in [0.25, 0.3) is 17.5 Å². The van der Waals surface area contributed by atoms with Crippen molar-refractivity contribution in [3.63, 3.8) is 0 Å². The van der Waals surface area contributed by atoms with Gasteiger partial charge in [0.1, 0.15) is 0 Å². The number of halogens is 1. The highest BCUT2D eigenvalue weighted by Crippen LogP contribution is 2.29. The molecule has 0 bridgehead atoms. The van der Waals surface area contributed by atoms with E-state index >= 15 is 0 Å². The molecule has 8 heteroatoms. The normalized spacial score (nSPS) is 11.2. The van der Waals surface area contributed by atoms with Gasteiger partial charge in [0.25, 0.3) is 5.91 Å². The highest BCUT2D eigenvalue weighted by molar-refractivity contribution is 6.33. The standard InChI is InChI=1S/C24H26ClN3O4/c1-5-8-17-11-12-20(21(13-17)30-4)31-15-23(29)28(16(2)3)14-22-26-27-24(32-22)18-9-6-7-10-19(18)25/h5-13,16H,14-15H2,1-4H3/b8-5+. The summed E-state index contributed by atoms with van der Waals surface area (Å²) in [6.07, 6.45) is 3.90. The molecular formula is C24H26ClN3O4. The average molecular weight is 456 g/mol. The lowest BCUT2D eigenvalue weighted by atomic mass is 10.2. The molecule has 2 aromatic carbocycles. The van der Waals surface area contributed by atoms with Crippen LogP contribution in [0.15, 0.2) is 53.0 Å². The van der Waals surface area contributed by atoms with E-state index in [9.17, 15) is 4.79 Å². The molecule has 0 fully saturated rings. The molecule has 1 heterocycles. The van der Waals surface area contributed by atoms with Gasteiger partial charge in [0.05, 0.1) is 24.2 Å². The van der Waals surface area contributed by atoms with Gasteiger partial charge < -0.3 is 18.8 Å². The molecule has 0 aliphatic rings. The highest BCUT2D eigenvalue weighted by Gasteiger charge is 2.22. The van der Waals surface area contributed by atoms with E-state index < -0.39 is 0 Å². The Morgan fingerprint density at radius 3 is 2.66 bits per heavy atom. The number of rotatable bonds is 9. The van der Waals surface area contributed by atoms with Crippen molar-refractivity contribution in [2.75, 3.05) is 13.7 Å². The molecule has 0 spiro atoms. The lowest BCUT2D eigenvalue weighted by Gasteiger charge is -2.25. The molecule has 32 heavy (non-hydrogen) atoms. The Labute approximate surface area is 192 Å². The van der Waals surface area contributed by atoms with Crippen LogP contribution in [0.3, 0.4) is 0 Å². The summed E-state index contributed by atoms with van der Waals surface area (Å²) >= 11 is 6.20. The topological polar surface area (TPSA) is 77.7 Å². The maximum absolute atomic E-state index is 12.9. The molecule has 1 amide bonds. The Hall–Kier alpha value is -3.32. The number of carbonyl (C=O) groups excluding carboxylic acids is 1. The van der Waals surface area contributed by atoms with E-state index in [-0.39, 0.29) is 25.1 Å². The van der Waals surface area contributed by atoms with Gasteiger partial charge in [-0.25, -0.2) is 0 Å². The summed E-state index contributed by atoms with van der Waals surface area (Å²) in [6.45, 7) is 5.78. The molecule has 168 valence electrons. The number of methoxy groups -OCH3 is 1. The summed E-state index contributed by atoms with van der Waals surface area (Å²) in [5.74, 6) is 1.47. The molecule has 0 saturated heterocycles. The average Bonchev–Trinajstić information content (AvgIpc) is 3.25. The van der Waals surface area contributed by atoms with Gasteiger partial charge in [-0.2, -0.15) is 0 Å². The predicted octanol–water partition coefficient (Wildman–Crippen LogP) is 5.25. The van der Waals surface area contributed by atoms with Crippen LogP contribution in [0.1, 0.15) is 32.2 Å². The fourth-order valence-electron chi connectivity index (χ4n) is 3.09. The lowest BCUT2D eigenvalue weighted by Crippen LogP contribution is -2.39. The summed E-state index contributed by atoms with van der Waals surface area (Å²) in [7, 11) is 1.57. The van der Waals surface area contributed by atoms with Crippen LogP contribution < -0.4 is 9.47 Å². The van der Waals surface area contributed by atoms with Gasteiger partial charge in [-0.05, 0) is 50.6 Å². The molecule has 3 aromatic rings. The summed E-state index contributed by atoms with van der Waals surface area (Å²) in [5.41, 5.74) is 1.63. The van der Waals surface area contributed by atoms with Crippen molar-refractivity contribution in [2.45, 2.75) is 33.4 Å². The maximum Gasteiger partial charge on any atom is 0.261 e. The third kappa shape index (κ3) is 5.68. The van der Waals surface area contributed by atoms with Crippen LogP contribution in [0.4, 0.5) is 0 Å². The van der Waals surface area contributed by atoms with Crippen LogP contribution in [0, 0.1) is 0 Å². The highest BCUT2D eigenvalue weighted by atomic mass is 35.5. The molecule has 0 radical (unpaired) electrons. The Kier molecular flexibility index (Phi) is 7.89. The zero-order valence-corrected chi connectivity index (χ0v) is 19.3. The molecule has 3 rings (SSSR count). The number of allylic oxidation sites excluding steroid dienone is 1. The Bertz CT molecular complexity index is 1090. The van der Waals surface area contributed by atoms with Crippen LogP contribution in [-0.4, -0.2) is 40.8 Å². The van der Waals surface area contributed by atoms with E-state index in [0.29, 0.717) is 33.9 Å². The van der Waals surface area contributed by atoms with Gasteiger partial charge in [0.15, 0.2) is 18.1 Å². The van der Waals surface area contributed by atoms with Crippen molar-refractivity contribution in [1.82, 2.24) is 15.1 Å². The number of ether oxygens (including phenoxy) is 2. The fourth-order valence-corrected chi connectivity index (χ4v) is 3.30. The first-order valence-corrected chi connectivity index (χ1v) is 10.6. The molecule has 0 aliphatic heterocycles. The van der Waals surface area contributed by atoms with Gasteiger partial charge in [0.2, 0.25) is 11.8 Å². The number of hydrogen-bond acceptors (Lipinski definition) is 6. The van der Waals surface area contributed by atoms with Gasteiger partial charge >= 0.3 is 0 Å². The van der Waals surface area contributed by atoms with Crippen LogP contribution >= 0.6 is 11.6 Å². The van der Waals surface area contributed by atoms with Crippen molar-refractivity contribution in [2.24, 2.45) is 0 Å². The zero-order chi connectivity index (χ0) is 23.1. The lowest BCUT2D eigenvalue weighted by molar-refractivity contribution is -0.136. The minimum absolute atomic E-state index is 0.0965. The molecule has 0 atom stereocenters. The number of benzene rings is 2. The van der Waals surface area contributed by atoms with E-state index in [1.165, 1.54) is 0 Å². The van der Waals surface area contributed by atoms with Gasteiger partial charge in [-0.15, -0.1) is 10.2 Å². The SMILES string of the molecule is C/C=C/c1ccc(OCC(=O)N(Cc2nnc(-c3ccccc3Cl)o2)C(C)C)c(OC)c1. The number of amides is 1. The van der Waals surface area contributed by atoms with Crippen molar-refractivity contribution < 1.29 is 18.7 Å². The van der Waals surface area contributed by atoms with Crippen molar-refractivity contribution >= 4 is 23.6 Å². The molecule has 0 saturated carbocycles. The van der Waals surface area contributed by atoms with Crippen LogP contribution in [-0.2, 0) is 11.3 Å². The third-order valence-corrected chi connectivity index (χ3v) is 5.05. The molecule has 0 N–H and O–H groups in total. The second-order valence-corrected chi connectivity index (χ2v) is 7.70. The van der Waals surface area contributed by atoms with Gasteiger partial charge in [-0.3, -0.25) is 4.79 Å². The summed E-state index contributed by atoms with van der Waals surface area (Å²) in [5, 5.41) is 8.66. The maximum atomic E-state index is 12.9. The quantitative estimate of drug-likeness (QED) is 0.438. The largest absolute Gasteiger partial charge is 0.493 e. The second-order valence-electron chi connectivity index (χ2n) is 7.30. The summed E-state index contributed by atoms with van der Waals surface area (Å²) < 4.78 is 16.9. The molecule has 7 nitrogen and oxygen atoms in total. The molecular weight excluding hydrogens is 430 g/mol. The Morgan fingerprint density at radius 1 is 1.19 bits per heavy atom. The fraction of sp³-hybridized carbons (Fsp3) is 0.292. The second kappa shape index (κ2) is 10.8. The molecule has 1 aromatic heterocycles. The van der Waals surface area contributed by atoms with Crippen molar-refractivity contribution in [3.8, 4) is 23.0 Å². The summed E-state index contributed by atoms with van der Waals surface area (Å²) in [6, 6.07) is 12.7. The first-order valence-electron chi connectivity index (χ1n) is 10.2. The predicted molar refractivity (Wildman–Crippen MR) is 124 cm³/mol. The molecule has 0 aliphatic carbocycles. The van der Waals surface area contributed by atoms with Crippen molar-refractivity contribution in [1.29, 1.82) is 0 Å². The third-order valence-electron chi connectivity index (χ3n) is 4.72. The number of nitrogens with zero attached hydrogens (tertiary/aromatic N) is 3. The van der Waals surface area contributed by atoms with E-state index in [4.69, 9.17) is 25.5 Å². The number of hydrogen-bond donors (Lipinski definition) is 0. The van der Waals surface area contributed by atoms with E-state index in [2.05, 4.69) is 10.2 Å². The van der Waals surface area contributed by atoms with E-state index in [0.717, 1.165) is 5.56 Å². The monoisotopic (exact) mass is 455 g/mol. The Balaban J connectivity index is 1.69. The minimum atomic E-state index is -0.211. The Morgan fingerprint density at radius 2 is 1.97 bits per heavy atom. The van der Waals surface area contributed by atoms with Crippen LogP contribution in [0.5, 0.6) is 11.5 Å². The van der Waals surface area contributed by atoms with Crippen molar-refractivity contribution in [3.05, 3.63) is 65.0 Å². The van der Waals surface area contributed by atoms with Gasteiger partial charge in [0, 0.05) is 6.04 Å². The first-order chi connectivity index (χ1) is 15.4. The number of aromatic nitrogens is 2. The van der Waals surface area contributed by atoms with E-state index in [1.54, 1.807) is 30.2 Å². The van der Waals surface area contributed by atoms with Gasteiger partial charge in [-0.1, -0.05) is 42.0 Å². The first kappa shape index (κ1) is 23.3. The summed E-state index contributed by atoms with van der Waals surface area (Å²) in [4.78, 5) is 14.5. The van der Waals surface area contributed by atoms with E-state index in [1.807, 2.05) is 57.2 Å². The smallest absolute Gasteiger partial charge is 0.261 e. The zero-order valence-electron chi connectivity index (χ0n) is 18.5. The minimum Gasteiger partial charge on any atom is -0.493 e. The number of carbonyl (C=O) groups is 1.